The van der Waals surface area contributed by atoms with Crippen LogP contribution in [-0.4, -0.2) is 11.3 Å². The molecule has 0 amide bonds. The van der Waals surface area contributed by atoms with E-state index in [0.717, 1.165) is 16.7 Å². The lowest BCUT2D eigenvalue weighted by Crippen LogP contribution is -2.00. The summed E-state index contributed by atoms with van der Waals surface area (Å²) in [4.78, 5) is 10.4. The lowest BCUT2D eigenvalue weighted by molar-refractivity contribution is 0.118. The van der Waals surface area contributed by atoms with Crippen LogP contribution >= 0.6 is 0 Å². The van der Waals surface area contributed by atoms with Crippen molar-refractivity contribution in [2.75, 3.05) is 0 Å². The second-order valence-corrected chi connectivity index (χ2v) is 3.25. The molecule has 14 heavy (non-hydrogen) atoms. The standard InChI is InChI=1S/C11H10O3/c1-7-9-5-3-2-4-8(9)6-10(7)14-11(12)13/h2-5H,6H2,1H3,(H,12,13). The van der Waals surface area contributed by atoms with Crippen LogP contribution < -0.4 is 0 Å². The number of allylic oxidation sites excluding steroid dienone is 2. The van der Waals surface area contributed by atoms with Gasteiger partial charge in [0.15, 0.2) is 0 Å². The van der Waals surface area contributed by atoms with E-state index in [0.29, 0.717) is 12.2 Å². The van der Waals surface area contributed by atoms with Crippen molar-refractivity contribution in [3.63, 3.8) is 0 Å². The van der Waals surface area contributed by atoms with Gasteiger partial charge in [0, 0.05) is 6.42 Å². The molecule has 0 saturated heterocycles. The van der Waals surface area contributed by atoms with Crippen LogP contribution in [0.1, 0.15) is 18.1 Å². The summed E-state index contributed by atoms with van der Waals surface area (Å²) in [5.41, 5.74) is 3.13. The summed E-state index contributed by atoms with van der Waals surface area (Å²) in [7, 11) is 0. The quantitative estimate of drug-likeness (QED) is 0.692. The number of hydrogen-bond donors (Lipinski definition) is 1. The second-order valence-electron chi connectivity index (χ2n) is 3.25. The zero-order chi connectivity index (χ0) is 10.1. The Kier molecular flexibility index (Phi) is 2.00. The highest BCUT2D eigenvalue weighted by Gasteiger charge is 2.20. The molecule has 0 unspecified atom stereocenters. The van der Waals surface area contributed by atoms with E-state index >= 15 is 0 Å². The van der Waals surface area contributed by atoms with Gasteiger partial charge in [0.1, 0.15) is 5.76 Å². The summed E-state index contributed by atoms with van der Waals surface area (Å²) in [6.07, 6.45) is -0.666. The Labute approximate surface area is 81.6 Å². The van der Waals surface area contributed by atoms with Gasteiger partial charge in [-0.1, -0.05) is 24.3 Å². The fourth-order valence-electron chi connectivity index (χ4n) is 1.71. The number of hydrogen-bond acceptors (Lipinski definition) is 2. The van der Waals surface area contributed by atoms with E-state index < -0.39 is 6.16 Å². The number of carboxylic acid groups (broad SMARTS) is 1. The molecule has 0 atom stereocenters. The fourth-order valence-corrected chi connectivity index (χ4v) is 1.71. The molecule has 0 fully saturated rings. The van der Waals surface area contributed by atoms with Crippen molar-refractivity contribution in [1.29, 1.82) is 0 Å². The topological polar surface area (TPSA) is 46.5 Å². The molecule has 0 radical (unpaired) electrons. The highest BCUT2D eigenvalue weighted by atomic mass is 16.7. The van der Waals surface area contributed by atoms with Crippen molar-refractivity contribution >= 4 is 11.7 Å². The first kappa shape index (κ1) is 8.81. The normalized spacial score (nSPS) is 14.1. The minimum atomic E-state index is -1.24. The van der Waals surface area contributed by atoms with Gasteiger partial charge in [-0.2, -0.15) is 0 Å². The lowest BCUT2D eigenvalue weighted by Gasteiger charge is -2.00. The molecule has 2 rings (SSSR count). The SMILES string of the molecule is CC1=C(OC(=O)O)Cc2ccccc21. The lowest BCUT2D eigenvalue weighted by atomic mass is 10.1. The average Bonchev–Trinajstić information content (AvgIpc) is 2.44. The molecule has 0 aliphatic heterocycles. The Bertz CT molecular complexity index is 418. The van der Waals surface area contributed by atoms with E-state index in [-0.39, 0.29) is 0 Å². The molecule has 72 valence electrons. The van der Waals surface area contributed by atoms with Crippen LogP contribution in [0.5, 0.6) is 0 Å². The molecule has 1 aliphatic rings. The molecule has 3 nitrogen and oxygen atoms in total. The van der Waals surface area contributed by atoms with Crippen molar-refractivity contribution in [1.82, 2.24) is 0 Å². The minimum Gasteiger partial charge on any atom is -0.449 e. The monoisotopic (exact) mass is 190 g/mol. The largest absolute Gasteiger partial charge is 0.511 e. The van der Waals surface area contributed by atoms with Crippen LogP contribution in [-0.2, 0) is 11.2 Å². The Balaban J connectivity index is 2.34. The third kappa shape index (κ3) is 1.37. The highest BCUT2D eigenvalue weighted by Crippen LogP contribution is 2.32. The third-order valence-electron chi connectivity index (χ3n) is 2.40. The van der Waals surface area contributed by atoms with Crippen LogP contribution in [0.25, 0.3) is 5.57 Å². The summed E-state index contributed by atoms with van der Waals surface area (Å²) in [6, 6.07) is 7.84. The predicted octanol–water partition coefficient (Wildman–Crippen LogP) is 2.67. The molecule has 1 aromatic rings. The summed E-state index contributed by atoms with van der Waals surface area (Å²) in [6.45, 7) is 1.88. The molecule has 0 heterocycles. The second kappa shape index (κ2) is 3.18. The number of rotatable bonds is 1. The van der Waals surface area contributed by atoms with Crippen molar-refractivity contribution in [2.24, 2.45) is 0 Å². The first-order chi connectivity index (χ1) is 6.68. The Hall–Kier alpha value is -1.77. The van der Waals surface area contributed by atoms with Gasteiger partial charge in [-0.25, -0.2) is 4.79 Å². The van der Waals surface area contributed by atoms with Crippen molar-refractivity contribution < 1.29 is 14.6 Å². The average molecular weight is 190 g/mol. The minimum absolute atomic E-state index is 0.540. The summed E-state index contributed by atoms with van der Waals surface area (Å²) in [5, 5.41) is 8.51. The molecule has 1 aromatic carbocycles. The van der Waals surface area contributed by atoms with Gasteiger partial charge in [-0.15, -0.1) is 0 Å². The molecule has 3 heteroatoms. The number of fused-ring (bicyclic) bond motifs is 1. The summed E-state index contributed by atoms with van der Waals surface area (Å²) >= 11 is 0. The number of ether oxygens (including phenoxy) is 1. The first-order valence-corrected chi connectivity index (χ1v) is 4.37. The molecule has 0 bridgehead atoms. The van der Waals surface area contributed by atoms with E-state index in [1.807, 2.05) is 31.2 Å². The van der Waals surface area contributed by atoms with Gasteiger partial charge in [0.05, 0.1) is 0 Å². The van der Waals surface area contributed by atoms with Crippen LogP contribution in [0.4, 0.5) is 4.79 Å². The van der Waals surface area contributed by atoms with Crippen molar-refractivity contribution in [3.05, 3.63) is 41.2 Å². The van der Waals surface area contributed by atoms with Gasteiger partial charge in [0.25, 0.3) is 0 Å². The maximum absolute atomic E-state index is 10.4. The smallest absolute Gasteiger partial charge is 0.449 e. The highest BCUT2D eigenvalue weighted by molar-refractivity contribution is 5.75. The molecule has 1 N–H and O–H groups in total. The third-order valence-corrected chi connectivity index (χ3v) is 2.40. The van der Waals surface area contributed by atoms with E-state index in [4.69, 9.17) is 9.84 Å². The van der Waals surface area contributed by atoms with Crippen LogP contribution in [0.15, 0.2) is 30.0 Å². The van der Waals surface area contributed by atoms with Gasteiger partial charge in [-0.3, -0.25) is 0 Å². The molecule has 0 saturated carbocycles. The number of benzene rings is 1. The van der Waals surface area contributed by atoms with Crippen molar-refractivity contribution in [3.8, 4) is 0 Å². The van der Waals surface area contributed by atoms with Crippen LogP contribution in [0.3, 0.4) is 0 Å². The summed E-state index contributed by atoms with van der Waals surface area (Å²) < 4.78 is 4.70. The molecule has 0 aromatic heterocycles. The Morgan fingerprint density at radius 1 is 1.43 bits per heavy atom. The zero-order valence-corrected chi connectivity index (χ0v) is 7.78. The van der Waals surface area contributed by atoms with Gasteiger partial charge < -0.3 is 9.84 Å². The Morgan fingerprint density at radius 3 is 2.79 bits per heavy atom. The molecular formula is C11H10O3. The zero-order valence-electron chi connectivity index (χ0n) is 7.78. The van der Waals surface area contributed by atoms with Crippen molar-refractivity contribution in [2.45, 2.75) is 13.3 Å². The van der Waals surface area contributed by atoms with E-state index in [1.54, 1.807) is 0 Å². The maximum Gasteiger partial charge on any atom is 0.511 e. The van der Waals surface area contributed by atoms with E-state index in [1.165, 1.54) is 0 Å². The van der Waals surface area contributed by atoms with Crippen LogP contribution in [0.2, 0.25) is 0 Å². The molecule has 0 spiro atoms. The summed E-state index contributed by atoms with van der Waals surface area (Å²) in [5.74, 6) is 0.540. The van der Waals surface area contributed by atoms with Gasteiger partial charge in [0.2, 0.25) is 0 Å². The Morgan fingerprint density at radius 2 is 2.14 bits per heavy atom. The predicted molar refractivity (Wildman–Crippen MR) is 51.8 cm³/mol. The van der Waals surface area contributed by atoms with E-state index in [9.17, 15) is 4.79 Å². The molecular weight excluding hydrogens is 180 g/mol. The number of carbonyl (C=O) groups is 1. The fraction of sp³-hybridized carbons (Fsp3) is 0.182. The first-order valence-electron chi connectivity index (χ1n) is 4.37. The van der Waals surface area contributed by atoms with E-state index in [2.05, 4.69) is 0 Å². The van der Waals surface area contributed by atoms with Crippen LogP contribution in [0, 0.1) is 0 Å². The maximum atomic E-state index is 10.4. The molecule has 1 aliphatic carbocycles. The van der Waals surface area contributed by atoms with Gasteiger partial charge >= 0.3 is 6.16 Å². The van der Waals surface area contributed by atoms with Gasteiger partial charge in [-0.05, 0) is 23.6 Å².